The van der Waals surface area contributed by atoms with Crippen molar-refractivity contribution in [3.05, 3.63) is 59.9 Å². The average Bonchev–Trinajstić information content (AvgIpc) is 2.49. The van der Waals surface area contributed by atoms with E-state index in [-0.39, 0.29) is 17.7 Å². The van der Waals surface area contributed by atoms with E-state index in [0.717, 1.165) is 29.2 Å². The molecule has 0 saturated carbocycles. The highest BCUT2D eigenvalue weighted by molar-refractivity contribution is 7.99. The SMILES string of the molecule is CCCNC(CSc1ccc(F)cc1)c1cncc(F)c1. The molecule has 0 radical (unpaired) electrons. The molecule has 0 spiro atoms. The third-order valence-electron chi connectivity index (χ3n) is 3.00. The van der Waals surface area contributed by atoms with E-state index >= 15 is 0 Å². The largest absolute Gasteiger partial charge is 0.309 e. The summed E-state index contributed by atoms with van der Waals surface area (Å²) < 4.78 is 26.2. The third kappa shape index (κ3) is 5.10. The van der Waals surface area contributed by atoms with Crippen LogP contribution in [-0.2, 0) is 0 Å². The second kappa shape index (κ2) is 8.10. The first-order chi connectivity index (χ1) is 10.2. The number of rotatable bonds is 7. The van der Waals surface area contributed by atoms with Gasteiger partial charge < -0.3 is 5.32 Å². The number of pyridine rings is 1. The summed E-state index contributed by atoms with van der Waals surface area (Å²) in [6.07, 6.45) is 3.88. The van der Waals surface area contributed by atoms with Crippen molar-refractivity contribution in [2.75, 3.05) is 12.3 Å². The molecule has 0 amide bonds. The van der Waals surface area contributed by atoms with E-state index in [1.165, 1.54) is 24.4 Å². The van der Waals surface area contributed by atoms with Gasteiger partial charge in [-0.1, -0.05) is 6.92 Å². The molecular formula is C16H18F2N2S. The average molecular weight is 308 g/mol. The molecule has 2 rings (SSSR count). The van der Waals surface area contributed by atoms with Crippen LogP contribution in [0.2, 0.25) is 0 Å². The molecule has 1 heterocycles. The number of nitrogens with one attached hydrogen (secondary N) is 1. The van der Waals surface area contributed by atoms with E-state index in [0.29, 0.717) is 0 Å². The Morgan fingerprint density at radius 1 is 1.14 bits per heavy atom. The summed E-state index contributed by atoms with van der Waals surface area (Å²) in [7, 11) is 0. The quantitative estimate of drug-likeness (QED) is 0.776. The van der Waals surface area contributed by atoms with E-state index in [2.05, 4.69) is 17.2 Å². The molecule has 0 fully saturated rings. The summed E-state index contributed by atoms with van der Waals surface area (Å²) >= 11 is 1.61. The maximum atomic E-state index is 13.3. The summed E-state index contributed by atoms with van der Waals surface area (Å²) in [6.45, 7) is 2.94. The lowest BCUT2D eigenvalue weighted by Gasteiger charge is -2.18. The van der Waals surface area contributed by atoms with Crippen LogP contribution in [0.25, 0.3) is 0 Å². The number of thioether (sulfide) groups is 1. The molecule has 0 bridgehead atoms. The van der Waals surface area contributed by atoms with Crippen molar-refractivity contribution in [2.45, 2.75) is 24.3 Å². The zero-order valence-electron chi connectivity index (χ0n) is 11.9. The number of benzene rings is 1. The van der Waals surface area contributed by atoms with Crippen molar-refractivity contribution in [2.24, 2.45) is 0 Å². The number of aromatic nitrogens is 1. The Balaban J connectivity index is 2.04. The van der Waals surface area contributed by atoms with Crippen LogP contribution in [0.15, 0.2) is 47.6 Å². The van der Waals surface area contributed by atoms with Crippen molar-refractivity contribution < 1.29 is 8.78 Å². The minimum Gasteiger partial charge on any atom is -0.309 e. The molecule has 2 aromatic rings. The summed E-state index contributed by atoms with van der Waals surface area (Å²) in [4.78, 5) is 4.90. The highest BCUT2D eigenvalue weighted by Crippen LogP contribution is 2.25. The standard InChI is InChI=1S/C16H18F2N2S/c1-2-7-20-16(12-8-14(18)10-19-9-12)11-21-15-5-3-13(17)4-6-15/h3-6,8-10,16,20H,2,7,11H2,1H3. The van der Waals surface area contributed by atoms with Crippen molar-refractivity contribution in [1.82, 2.24) is 10.3 Å². The smallest absolute Gasteiger partial charge is 0.141 e. The minimum absolute atomic E-state index is 0.0169. The second-order valence-electron chi connectivity index (χ2n) is 4.71. The molecule has 1 aromatic carbocycles. The Kier molecular flexibility index (Phi) is 6.14. The first-order valence-corrected chi connectivity index (χ1v) is 7.90. The molecule has 1 unspecified atom stereocenters. The Bertz CT molecular complexity index is 560. The molecule has 112 valence electrons. The van der Waals surface area contributed by atoms with Gasteiger partial charge in [0, 0.05) is 22.9 Å². The van der Waals surface area contributed by atoms with Crippen LogP contribution in [0, 0.1) is 11.6 Å². The predicted molar refractivity (Wildman–Crippen MR) is 82.4 cm³/mol. The van der Waals surface area contributed by atoms with E-state index in [4.69, 9.17) is 0 Å². The fraction of sp³-hybridized carbons (Fsp3) is 0.312. The van der Waals surface area contributed by atoms with Crippen LogP contribution in [0.4, 0.5) is 8.78 Å². The lowest BCUT2D eigenvalue weighted by Crippen LogP contribution is -2.24. The number of halogens is 2. The lowest BCUT2D eigenvalue weighted by atomic mass is 10.1. The summed E-state index contributed by atoms with van der Waals surface area (Å²) in [5.74, 6) is 0.161. The van der Waals surface area contributed by atoms with Gasteiger partial charge in [-0.2, -0.15) is 0 Å². The van der Waals surface area contributed by atoms with Crippen molar-refractivity contribution in [1.29, 1.82) is 0 Å². The second-order valence-corrected chi connectivity index (χ2v) is 5.80. The number of nitrogens with zero attached hydrogens (tertiary/aromatic N) is 1. The highest BCUT2D eigenvalue weighted by Gasteiger charge is 2.12. The summed E-state index contributed by atoms with van der Waals surface area (Å²) in [6, 6.07) is 7.91. The molecule has 1 atom stereocenters. The van der Waals surface area contributed by atoms with Crippen LogP contribution in [0.3, 0.4) is 0 Å². The first kappa shape index (κ1) is 15.9. The maximum Gasteiger partial charge on any atom is 0.141 e. The molecule has 2 nitrogen and oxygen atoms in total. The third-order valence-corrected chi connectivity index (χ3v) is 4.10. The van der Waals surface area contributed by atoms with Crippen LogP contribution < -0.4 is 5.32 Å². The Morgan fingerprint density at radius 2 is 1.90 bits per heavy atom. The van der Waals surface area contributed by atoms with Crippen LogP contribution >= 0.6 is 11.8 Å². The van der Waals surface area contributed by atoms with E-state index < -0.39 is 0 Å². The van der Waals surface area contributed by atoms with Gasteiger partial charge in [0.25, 0.3) is 0 Å². The van der Waals surface area contributed by atoms with Crippen molar-refractivity contribution in [3.8, 4) is 0 Å². The Labute approximate surface area is 128 Å². The molecule has 0 aliphatic rings. The molecule has 0 saturated heterocycles. The van der Waals surface area contributed by atoms with Gasteiger partial charge >= 0.3 is 0 Å². The van der Waals surface area contributed by atoms with E-state index in [9.17, 15) is 8.78 Å². The van der Waals surface area contributed by atoms with E-state index in [1.807, 2.05) is 0 Å². The monoisotopic (exact) mass is 308 g/mol. The maximum absolute atomic E-state index is 13.3. The van der Waals surface area contributed by atoms with Gasteiger partial charge in [0.2, 0.25) is 0 Å². The molecule has 1 aromatic heterocycles. The predicted octanol–water partition coefficient (Wildman–Crippen LogP) is 4.19. The Morgan fingerprint density at radius 3 is 2.57 bits per heavy atom. The molecule has 0 aliphatic heterocycles. The van der Waals surface area contributed by atoms with Crippen LogP contribution in [-0.4, -0.2) is 17.3 Å². The van der Waals surface area contributed by atoms with E-state index in [1.54, 1.807) is 30.1 Å². The zero-order chi connectivity index (χ0) is 15.1. The van der Waals surface area contributed by atoms with Gasteiger partial charge in [0.15, 0.2) is 0 Å². The fourth-order valence-corrected chi connectivity index (χ4v) is 2.92. The van der Waals surface area contributed by atoms with Gasteiger partial charge in [-0.3, -0.25) is 4.98 Å². The topological polar surface area (TPSA) is 24.9 Å². The lowest BCUT2D eigenvalue weighted by molar-refractivity contribution is 0.564. The fourth-order valence-electron chi connectivity index (χ4n) is 1.92. The number of hydrogen-bond acceptors (Lipinski definition) is 3. The molecule has 21 heavy (non-hydrogen) atoms. The van der Waals surface area contributed by atoms with Crippen molar-refractivity contribution >= 4 is 11.8 Å². The summed E-state index contributed by atoms with van der Waals surface area (Å²) in [5, 5.41) is 3.39. The molecular weight excluding hydrogens is 290 g/mol. The van der Waals surface area contributed by atoms with Gasteiger partial charge in [-0.25, -0.2) is 8.78 Å². The number of hydrogen-bond donors (Lipinski definition) is 1. The van der Waals surface area contributed by atoms with Crippen LogP contribution in [0.5, 0.6) is 0 Å². The minimum atomic E-state index is -0.331. The van der Waals surface area contributed by atoms with Crippen molar-refractivity contribution in [3.63, 3.8) is 0 Å². The zero-order valence-corrected chi connectivity index (χ0v) is 12.7. The normalized spacial score (nSPS) is 12.3. The van der Waals surface area contributed by atoms with Gasteiger partial charge in [0.05, 0.1) is 6.20 Å². The first-order valence-electron chi connectivity index (χ1n) is 6.91. The van der Waals surface area contributed by atoms with Gasteiger partial charge in [0.1, 0.15) is 11.6 Å². The highest BCUT2D eigenvalue weighted by atomic mass is 32.2. The van der Waals surface area contributed by atoms with Crippen LogP contribution in [0.1, 0.15) is 24.9 Å². The molecule has 5 heteroatoms. The van der Waals surface area contributed by atoms with Gasteiger partial charge in [-0.15, -0.1) is 11.8 Å². The Hall–Kier alpha value is -1.46. The molecule has 0 aliphatic carbocycles. The summed E-state index contributed by atoms with van der Waals surface area (Å²) in [5.41, 5.74) is 0.832. The molecule has 1 N–H and O–H groups in total. The van der Waals surface area contributed by atoms with Gasteiger partial charge in [-0.05, 0) is 48.9 Å².